The van der Waals surface area contributed by atoms with Crippen molar-refractivity contribution in [2.75, 3.05) is 11.5 Å². The molecule has 0 spiro atoms. The number of hydrogen-bond acceptors (Lipinski definition) is 4. The second-order valence-corrected chi connectivity index (χ2v) is 6.07. The van der Waals surface area contributed by atoms with Crippen LogP contribution in [-0.4, -0.2) is 16.8 Å². The van der Waals surface area contributed by atoms with Gasteiger partial charge in [0.25, 0.3) is 0 Å². The number of aromatic hydroxyl groups is 1. The molecule has 0 saturated carbocycles. The predicted octanol–water partition coefficient (Wildman–Crippen LogP) is 2.48. The van der Waals surface area contributed by atoms with Gasteiger partial charge in [-0.2, -0.15) is 0 Å². The lowest BCUT2D eigenvalue weighted by atomic mass is 10.0. The number of carbonyl (C=O) groups excluding carboxylic acids is 1. The number of phenolic OH excluding ortho intramolecular Hbond substituents is 1. The Labute approximate surface area is 127 Å². The average Bonchev–Trinajstić information content (AvgIpc) is 2.92. The number of thioether (sulfide) groups is 1. The van der Waals surface area contributed by atoms with E-state index in [0.29, 0.717) is 11.3 Å². The molecule has 0 aliphatic carbocycles. The van der Waals surface area contributed by atoms with Crippen LogP contribution in [0, 0.1) is 0 Å². The second-order valence-electron chi connectivity index (χ2n) is 5.01. The number of anilines is 1. The summed E-state index contributed by atoms with van der Waals surface area (Å²) in [5, 5.41) is 12.6. The van der Waals surface area contributed by atoms with Crippen molar-refractivity contribution >= 4 is 23.4 Å². The number of phenols is 1. The third-order valence-corrected chi connectivity index (χ3v) is 4.76. The lowest BCUT2D eigenvalue weighted by Crippen LogP contribution is -2.29. The van der Waals surface area contributed by atoms with Crippen LogP contribution in [0.5, 0.6) is 5.75 Å². The highest BCUT2D eigenvalue weighted by Gasteiger charge is 2.28. The molecule has 1 aliphatic heterocycles. The van der Waals surface area contributed by atoms with Crippen LogP contribution in [0.15, 0.2) is 47.4 Å². The maximum Gasteiger partial charge on any atom is 0.228 e. The average molecular weight is 300 g/mol. The molecule has 1 amide bonds. The highest BCUT2D eigenvalue weighted by molar-refractivity contribution is 7.99. The van der Waals surface area contributed by atoms with Crippen molar-refractivity contribution in [1.29, 1.82) is 0 Å². The molecule has 3 rings (SSSR count). The van der Waals surface area contributed by atoms with E-state index in [2.05, 4.69) is 5.32 Å². The number of nitrogen functional groups attached to an aromatic ring is 1. The summed E-state index contributed by atoms with van der Waals surface area (Å²) in [7, 11) is 0. The SMILES string of the molecule is Nc1ccc(O)c(CNC(=O)C2CSc3ccccc32)c1. The van der Waals surface area contributed by atoms with Crippen molar-refractivity contribution in [3.63, 3.8) is 0 Å². The minimum absolute atomic E-state index is 0.0192. The first kappa shape index (κ1) is 13.8. The van der Waals surface area contributed by atoms with Gasteiger partial charge in [-0.15, -0.1) is 11.8 Å². The quantitative estimate of drug-likeness (QED) is 0.601. The van der Waals surface area contributed by atoms with E-state index in [1.165, 1.54) is 11.0 Å². The Morgan fingerprint density at radius 3 is 3.00 bits per heavy atom. The molecule has 1 atom stereocenters. The van der Waals surface area contributed by atoms with Crippen molar-refractivity contribution in [2.45, 2.75) is 17.4 Å². The van der Waals surface area contributed by atoms with Crippen molar-refractivity contribution < 1.29 is 9.90 Å². The molecule has 1 heterocycles. The third-order valence-electron chi connectivity index (χ3n) is 3.57. The molecule has 108 valence electrons. The minimum atomic E-state index is -0.130. The fraction of sp³-hybridized carbons (Fsp3) is 0.188. The molecule has 0 bridgehead atoms. The number of carbonyl (C=O) groups is 1. The Balaban J connectivity index is 1.69. The summed E-state index contributed by atoms with van der Waals surface area (Å²) in [5.74, 6) is 0.753. The number of hydrogen-bond donors (Lipinski definition) is 3. The number of nitrogens with one attached hydrogen (secondary N) is 1. The van der Waals surface area contributed by atoms with Gasteiger partial charge in [-0.3, -0.25) is 4.79 Å². The minimum Gasteiger partial charge on any atom is -0.508 e. The van der Waals surface area contributed by atoms with Crippen LogP contribution >= 0.6 is 11.8 Å². The summed E-state index contributed by atoms with van der Waals surface area (Å²) in [6, 6.07) is 12.8. The maximum absolute atomic E-state index is 12.3. The summed E-state index contributed by atoms with van der Waals surface area (Å²) in [6.07, 6.45) is 0. The van der Waals surface area contributed by atoms with E-state index in [9.17, 15) is 9.90 Å². The molecule has 0 radical (unpaired) electrons. The summed E-state index contributed by atoms with van der Waals surface area (Å²) in [5.41, 5.74) is 7.97. The molecular weight excluding hydrogens is 284 g/mol. The van der Waals surface area contributed by atoms with E-state index in [4.69, 9.17) is 5.73 Å². The van der Waals surface area contributed by atoms with E-state index in [0.717, 1.165) is 11.3 Å². The zero-order valence-electron chi connectivity index (χ0n) is 11.4. The van der Waals surface area contributed by atoms with E-state index in [1.807, 2.05) is 24.3 Å². The van der Waals surface area contributed by atoms with Gasteiger partial charge in [-0.25, -0.2) is 0 Å². The van der Waals surface area contributed by atoms with E-state index >= 15 is 0 Å². The van der Waals surface area contributed by atoms with Gasteiger partial charge in [0.2, 0.25) is 5.91 Å². The first-order valence-electron chi connectivity index (χ1n) is 6.72. The fourth-order valence-corrected chi connectivity index (χ4v) is 3.66. The highest BCUT2D eigenvalue weighted by atomic mass is 32.2. The van der Waals surface area contributed by atoms with Gasteiger partial charge in [0.15, 0.2) is 0 Å². The standard InChI is InChI=1S/C16H16N2O2S/c17-11-5-6-14(19)10(7-11)8-18-16(20)13-9-21-15-4-2-1-3-12(13)15/h1-7,13,19H,8-9,17H2,(H,18,20). The van der Waals surface area contributed by atoms with Gasteiger partial charge in [0.1, 0.15) is 5.75 Å². The van der Waals surface area contributed by atoms with Crippen LogP contribution in [0.2, 0.25) is 0 Å². The van der Waals surface area contributed by atoms with Crippen molar-refractivity contribution in [3.8, 4) is 5.75 Å². The van der Waals surface area contributed by atoms with Crippen molar-refractivity contribution in [1.82, 2.24) is 5.32 Å². The molecule has 4 N–H and O–H groups in total. The predicted molar refractivity (Wildman–Crippen MR) is 84.3 cm³/mol. The molecule has 4 nitrogen and oxygen atoms in total. The smallest absolute Gasteiger partial charge is 0.228 e. The molecule has 2 aromatic rings. The largest absolute Gasteiger partial charge is 0.508 e. The summed E-state index contributed by atoms with van der Waals surface area (Å²) < 4.78 is 0. The molecule has 0 saturated heterocycles. The lowest BCUT2D eigenvalue weighted by Gasteiger charge is -2.12. The number of fused-ring (bicyclic) bond motifs is 1. The van der Waals surface area contributed by atoms with Crippen LogP contribution < -0.4 is 11.1 Å². The Morgan fingerprint density at radius 1 is 1.33 bits per heavy atom. The molecular formula is C16H16N2O2S. The van der Waals surface area contributed by atoms with Crippen LogP contribution in [0.3, 0.4) is 0 Å². The number of rotatable bonds is 3. The zero-order valence-corrected chi connectivity index (χ0v) is 12.2. The second kappa shape index (κ2) is 5.69. The van der Waals surface area contributed by atoms with Crippen LogP contribution in [0.4, 0.5) is 5.69 Å². The Kier molecular flexibility index (Phi) is 3.75. The normalized spacial score (nSPS) is 16.5. The molecule has 0 aromatic heterocycles. The lowest BCUT2D eigenvalue weighted by molar-refractivity contribution is -0.122. The van der Waals surface area contributed by atoms with Crippen LogP contribution in [0.1, 0.15) is 17.0 Å². The Bertz CT molecular complexity index is 688. The first-order chi connectivity index (χ1) is 10.1. The van der Waals surface area contributed by atoms with Gasteiger partial charge in [-0.05, 0) is 29.8 Å². The van der Waals surface area contributed by atoms with E-state index in [-0.39, 0.29) is 24.1 Å². The van der Waals surface area contributed by atoms with E-state index in [1.54, 1.807) is 23.9 Å². The van der Waals surface area contributed by atoms with Crippen molar-refractivity contribution in [2.24, 2.45) is 0 Å². The Hall–Kier alpha value is -2.14. The molecule has 1 unspecified atom stereocenters. The number of nitrogens with two attached hydrogens (primary N) is 1. The van der Waals surface area contributed by atoms with Crippen LogP contribution in [0.25, 0.3) is 0 Å². The van der Waals surface area contributed by atoms with Gasteiger partial charge in [0, 0.05) is 28.4 Å². The fourth-order valence-electron chi connectivity index (χ4n) is 2.43. The number of amides is 1. The van der Waals surface area contributed by atoms with Crippen LogP contribution in [-0.2, 0) is 11.3 Å². The van der Waals surface area contributed by atoms with Crippen molar-refractivity contribution in [3.05, 3.63) is 53.6 Å². The molecule has 0 fully saturated rings. The third kappa shape index (κ3) is 2.83. The topological polar surface area (TPSA) is 75.3 Å². The summed E-state index contributed by atoms with van der Waals surface area (Å²) in [6.45, 7) is 0.277. The molecule has 2 aromatic carbocycles. The molecule has 1 aliphatic rings. The molecule has 21 heavy (non-hydrogen) atoms. The monoisotopic (exact) mass is 300 g/mol. The molecule has 5 heteroatoms. The Morgan fingerprint density at radius 2 is 2.14 bits per heavy atom. The van der Waals surface area contributed by atoms with Gasteiger partial charge in [0.05, 0.1) is 5.92 Å². The summed E-state index contributed by atoms with van der Waals surface area (Å²) >= 11 is 1.70. The van der Waals surface area contributed by atoms with Gasteiger partial charge in [-0.1, -0.05) is 18.2 Å². The van der Waals surface area contributed by atoms with E-state index < -0.39 is 0 Å². The van der Waals surface area contributed by atoms with Gasteiger partial charge >= 0.3 is 0 Å². The summed E-state index contributed by atoms with van der Waals surface area (Å²) in [4.78, 5) is 13.5. The first-order valence-corrected chi connectivity index (χ1v) is 7.70. The zero-order chi connectivity index (χ0) is 14.8. The number of benzene rings is 2. The van der Waals surface area contributed by atoms with Gasteiger partial charge < -0.3 is 16.2 Å². The highest BCUT2D eigenvalue weighted by Crippen LogP contribution is 2.39. The maximum atomic E-state index is 12.3.